The molecule has 0 aliphatic rings. The third kappa shape index (κ3) is 4.51. The average Bonchev–Trinajstić information content (AvgIpc) is 2.62. The lowest BCUT2D eigenvalue weighted by atomic mass is 10.1. The summed E-state index contributed by atoms with van der Waals surface area (Å²) in [6.45, 7) is 3.80. The van der Waals surface area contributed by atoms with Gasteiger partial charge in [0, 0.05) is 5.56 Å². The molecule has 0 saturated carbocycles. The van der Waals surface area contributed by atoms with Crippen LogP contribution < -0.4 is 14.3 Å². The van der Waals surface area contributed by atoms with Gasteiger partial charge >= 0.3 is 0 Å². The van der Waals surface area contributed by atoms with Gasteiger partial charge in [0.05, 0.1) is 24.8 Å². The van der Waals surface area contributed by atoms with E-state index in [2.05, 4.69) is 9.93 Å². The van der Waals surface area contributed by atoms with Gasteiger partial charge in [0.1, 0.15) is 0 Å². The minimum atomic E-state index is -3.71. The minimum absolute atomic E-state index is 0.171. The Morgan fingerprint density at radius 1 is 1.04 bits per heavy atom. The van der Waals surface area contributed by atoms with E-state index in [4.69, 9.17) is 9.47 Å². The summed E-state index contributed by atoms with van der Waals surface area (Å²) in [5.74, 6) is 1.16. The first kappa shape index (κ1) is 18.8. The Bertz CT molecular complexity index is 859. The smallest absolute Gasteiger partial charge is 0.276 e. The molecule has 2 aromatic rings. The zero-order chi connectivity index (χ0) is 18.4. The van der Waals surface area contributed by atoms with Crippen molar-refractivity contribution in [1.29, 1.82) is 0 Å². The molecule has 0 unspecified atom stereocenters. The summed E-state index contributed by atoms with van der Waals surface area (Å²) in [5, 5.41) is 4.10. The lowest BCUT2D eigenvalue weighted by Crippen LogP contribution is -2.20. The molecule has 1 N–H and O–H groups in total. The van der Waals surface area contributed by atoms with E-state index in [0.29, 0.717) is 23.6 Å². The highest BCUT2D eigenvalue weighted by molar-refractivity contribution is 7.89. The quantitative estimate of drug-likeness (QED) is 0.606. The molecule has 0 fully saturated rings. The summed E-state index contributed by atoms with van der Waals surface area (Å²) >= 11 is 0. The second kappa shape index (κ2) is 8.02. The predicted octanol–water partition coefficient (Wildman–Crippen LogP) is 3.10. The number of sulfonamides is 1. The van der Waals surface area contributed by atoms with Crippen LogP contribution in [0, 0.1) is 6.92 Å². The van der Waals surface area contributed by atoms with Crippen molar-refractivity contribution in [2.45, 2.75) is 25.2 Å². The van der Waals surface area contributed by atoms with E-state index >= 15 is 0 Å². The summed E-state index contributed by atoms with van der Waals surface area (Å²) in [6, 6.07) is 11.9. The third-order valence-electron chi connectivity index (χ3n) is 3.68. The fraction of sp³-hybridized carbons (Fsp3) is 0.278. The first-order valence-electron chi connectivity index (χ1n) is 7.78. The Labute approximate surface area is 148 Å². The largest absolute Gasteiger partial charge is 0.493 e. The fourth-order valence-corrected chi connectivity index (χ4v) is 3.08. The number of aryl methyl sites for hydroxylation is 1. The number of nitrogens with zero attached hydrogens (tertiary/aromatic N) is 1. The van der Waals surface area contributed by atoms with Gasteiger partial charge in [0.25, 0.3) is 10.0 Å². The van der Waals surface area contributed by atoms with Crippen LogP contribution in [0.25, 0.3) is 0 Å². The molecule has 0 atom stereocenters. The van der Waals surface area contributed by atoms with Crippen LogP contribution in [-0.4, -0.2) is 28.3 Å². The molecule has 0 amide bonds. The van der Waals surface area contributed by atoms with Crippen LogP contribution in [0.1, 0.15) is 24.5 Å². The van der Waals surface area contributed by atoms with Crippen molar-refractivity contribution in [3.63, 3.8) is 0 Å². The normalized spacial score (nSPS) is 11.9. The van der Waals surface area contributed by atoms with E-state index in [1.54, 1.807) is 50.6 Å². The lowest BCUT2D eigenvalue weighted by Gasteiger charge is -2.11. The topological polar surface area (TPSA) is 77.0 Å². The molecule has 134 valence electrons. The van der Waals surface area contributed by atoms with E-state index in [-0.39, 0.29) is 4.90 Å². The molecule has 2 aromatic carbocycles. The molecule has 0 aliphatic carbocycles. The summed E-state index contributed by atoms with van der Waals surface area (Å²) in [7, 11) is -0.608. The monoisotopic (exact) mass is 362 g/mol. The van der Waals surface area contributed by atoms with Crippen molar-refractivity contribution in [1.82, 2.24) is 4.83 Å². The first-order chi connectivity index (χ1) is 11.9. The molecule has 6 nitrogen and oxygen atoms in total. The maximum absolute atomic E-state index is 12.4. The van der Waals surface area contributed by atoms with Gasteiger partial charge in [-0.05, 0) is 43.7 Å². The van der Waals surface area contributed by atoms with Gasteiger partial charge in [-0.25, -0.2) is 0 Å². The van der Waals surface area contributed by atoms with Crippen LogP contribution >= 0.6 is 0 Å². The second-order valence-corrected chi connectivity index (χ2v) is 7.05. The van der Waals surface area contributed by atoms with Crippen LogP contribution in [0.15, 0.2) is 52.5 Å². The number of ether oxygens (including phenoxy) is 2. The van der Waals surface area contributed by atoms with Gasteiger partial charge in [-0.1, -0.05) is 24.6 Å². The van der Waals surface area contributed by atoms with E-state index in [1.165, 1.54) is 0 Å². The van der Waals surface area contributed by atoms with E-state index < -0.39 is 10.0 Å². The molecule has 0 heterocycles. The van der Waals surface area contributed by atoms with Crippen molar-refractivity contribution in [3.8, 4) is 11.5 Å². The summed E-state index contributed by atoms with van der Waals surface area (Å²) < 4.78 is 35.2. The summed E-state index contributed by atoms with van der Waals surface area (Å²) in [4.78, 5) is 2.47. The molecule has 0 saturated heterocycles. The van der Waals surface area contributed by atoms with Crippen LogP contribution in [0.5, 0.6) is 11.5 Å². The zero-order valence-corrected chi connectivity index (χ0v) is 15.6. The standard InChI is InChI=1S/C18H22N2O4S/c1-5-16(14-8-11-17(23-3)18(12-14)24-4)19-20-25(21,22)15-9-6-13(2)7-10-15/h6-12,20H,5H2,1-4H3/b19-16+. The van der Waals surface area contributed by atoms with Crippen LogP contribution in [0.4, 0.5) is 0 Å². The number of hydrazone groups is 1. The maximum Gasteiger partial charge on any atom is 0.276 e. The number of benzene rings is 2. The number of methoxy groups -OCH3 is 2. The van der Waals surface area contributed by atoms with Crippen LogP contribution in [0.2, 0.25) is 0 Å². The predicted molar refractivity (Wildman–Crippen MR) is 97.9 cm³/mol. The maximum atomic E-state index is 12.4. The molecule has 0 aromatic heterocycles. The molecule has 0 spiro atoms. The van der Waals surface area contributed by atoms with Crippen LogP contribution in [0.3, 0.4) is 0 Å². The summed E-state index contributed by atoms with van der Waals surface area (Å²) in [6.07, 6.45) is 0.548. The van der Waals surface area contributed by atoms with Gasteiger partial charge in [-0.15, -0.1) is 0 Å². The Morgan fingerprint density at radius 2 is 1.68 bits per heavy atom. The van der Waals surface area contributed by atoms with Gasteiger partial charge in [0.15, 0.2) is 11.5 Å². The Morgan fingerprint density at radius 3 is 2.24 bits per heavy atom. The molecule has 0 aliphatic heterocycles. The fourth-order valence-electron chi connectivity index (χ4n) is 2.25. The van der Waals surface area contributed by atoms with Crippen molar-refractivity contribution in [2.24, 2.45) is 5.10 Å². The van der Waals surface area contributed by atoms with E-state index in [0.717, 1.165) is 11.1 Å². The van der Waals surface area contributed by atoms with Gasteiger partial charge in [-0.3, -0.25) is 0 Å². The molecule has 2 rings (SSSR count). The molecular formula is C18H22N2O4S. The molecule has 0 bridgehead atoms. The number of hydrogen-bond donors (Lipinski definition) is 1. The highest BCUT2D eigenvalue weighted by Crippen LogP contribution is 2.28. The Kier molecular flexibility index (Phi) is 6.03. The third-order valence-corrected chi connectivity index (χ3v) is 4.91. The van der Waals surface area contributed by atoms with E-state index in [9.17, 15) is 8.42 Å². The van der Waals surface area contributed by atoms with Crippen molar-refractivity contribution in [3.05, 3.63) is 53.6 Å². The minimum Gasteiger partial charge on any atom is -0.493 e. The zero-order valence-electron chi connectivity index (χ0n) is 14.7. The van der Waals surface area contributed by atoms with Crippen molar-refractivity contribution < 1.29 is 17.9 Å². The van der Waals surface area contributed by atoms with Gasteiger partial charge in [0.2, 0.25) is 0 Å². The van der Waals surface area contributed by atoms with Crippen LogP contribution in [-0.2, 0) is 10.0 Å². The van der Waals surface area contributed by atoms with Crippen molar-refractivity contribution in [2.75, 3.05) is 14.2 Å². The summed E-state index contributed by atoms with van der Waals surface area (Å²) in [5.41, 5.74) is 2.34. The SMILES string of the molecule is CC/C(=N\NS(=O)(=O)c1ccc(C)cc1)c1ccc(OC)c(OC)c1. The Balaban J connectivity index is 2.30. The van der Waals surface area contributed by atoms with Gasteiger partial charge < -0.3 is 9.47 Å². The van der Waals surface area contributed by atoms with Crippen molar-refractivity contribution >= 4 is 15.7 Å². The highest BCUT2D eigenvalue weighted by atomic mass is 32.2. The molecular weight excluding hydrogens is 340 g/mol. The number of rotatable bonds is 7. The molecule has 25 heavy (non-hydrogen) atoms. The lowest BCUT2D eigenvalue weighted by molar-refractivity contribution is 0.355. The van der Waals surface area contributed by atoms with E-state index in [1.807, 2.05) is 19.9 Å². The Hall–Kier alpha value is -2.54. The first-order valence-corrected chi connectivity index (χ1v) is 9.27. The molecule has 0 radical (unpaired) electrons. The molecule has 7 heteroatoms. The number of nitrogens with one attached hydrogen (secondary N) is 1. The highest BCUT2D eigenvalue weighted by Gasteiger charge is 2.14. The number of hydrogen-bond acceptors (Lipinski definition) is 5. The average molecular weight is 362 g/mol. The second-order valence-electron chi connectivity index (χ2n) is 5.39. The van der Waals surface area contributed by atoms with Gasteiger partial charge in [-0.2, -0.15) is 18.4 Å².